The van der Waals surface area contributed by atoms with Crippen molar-refractivity contribution in [3.8, 4) is 5.75 Å². The summed E-state index contributed by atoms with van der Waals surface area (Å²) in [6.07, 6.45) is 0. The highest BCUT2D eigenvalue weighted by atomic mass is 79.9. The average molecular weight is 288 g/mol. The van der Waals surface area contributed by atoms with Gasteiger partial charge in [-0.25, -0.2) is 0 Å². The molecule has 90 valence electrons. The van der Waals surface area contributed by atoms with Crippen molar-refractivity contribution >= 4 is 15.9 Å². The summed E-state index contributed by atoms with van der Waals surface area (Å²) < 4.78 is 11.9. The van der Waals surface area contributed by atoms with Gasteiger partial charge in [-0.1, -0.05) is 22.0 Å². The highest BCUT2D eigenvalue weighted by Gasteiger charge is 2.08. The minimum Gasteiger partial charge on any atom is -0.491 e. The highest BCUT2D eigenvalue weighted by Crippen LogP contribution is 2.27. The van der Waals surface area contributed by atoms with E-state index in [0.717, 1.165) is 15.8 Å². The zero-order valence-corrected chi connectivity index (χ0v) is 11.3. The van der Waals surface area contributed by atoms with Crippen LogP contribution >= 0.6 is 15.9 Å². The summed E-state index contributed by atoms with van der Waals surface area (Å²) in [6, 6.07) is 5.85. The van der Waals surface area contributed by atoms with Crippen molar-refractivity contribution in [1.29, 1.82) is 0 Å². The molecule has 0 bridgehead atoms. The lowest BCUT2D eigenvalue weighted by atomic mass is 10.1. The molecule has 0 saturated heterocycles. The van der Waals surface area contributed by atoms with Gasteiger partial charge in [0.05, 0.1) is 6.61 Å². The Hall–Kier alpha value is -0.580. The summed E-state index contributed by atoms with van der Waals surface area (Å²) in [5.74, 6) is 0.823. The molecule has 1 atom stereocenters. The normalized spacial score (nSPS) is 12.5. The van der Waals surface area contributed by atoms with Crippen LogP contribution in [0, 0.1) is 0 Å². The Bertz CT molecular complexity index is 329. The molecular weight excluding hydrogens is 270 g/mol. The molecule has 1 rings (SSSR count). The lowest BCUT2D eigenvalue weighted by Crippen LogP contribution is -2.11. The molecule has 0 aliphatic rings. The second-order valence-electron chi connectivity index (χ2n) is 3.52. The molecule has 0 amide bonds. The predicted molar refractivity (Wildman–Crippen MR) is 68.7 cm³/mol. The molecule has 0 heterocycles. The Morgan fingerprint density at radius 3 is 2.75 bits per heavy atom. The molecule has 0 fully saturated rings. The number of nitrogens with two attached hydrogens (primary N) is 1. The van der Waals surface area contributed by atoms with Crippen molar-refractivity contribution in [3.05, 3.63) is 28.2 Å². The van der Waals surface area contributed by atoms with Crippen molar-refractivity contribution in [2.75, 3.05) is 19.8 Å². The van der Waals surface area contributed by atoms with Gasteiger partial charge < -0.3 is 15.2 Å². The van der Waals surface area contributed by atoms with E-state index in [2.05, 4.69) is 15.9 Å². The molecule has 1 aromatic rings. The number of hydrogen-bond donors (Lipinski definition) is 1. The SMILES string of the molecule is CCOCCOc1cc(Br)ccc1[C@@H](C)N. The minimum atomic E-state index is -0.0322. The zero-order chi connectivity index (χ0) is 12.0. The summed E-state index contributed by atoms with van der Waals surface area (Å²) in [6.45, 7) is 5.76. The highest BCUT2D eigenvalue weighted by molar-refractivity contribution is 9.10. The molecule has 0 saturated carbocycles. The van der Waals surface area contributed by atoms with E-state index in [9.17, 15) is 0 Å². The van der Waals surface area contributed by atoms with E-state index in [1.54, 1.807) is 0 Å². The number of hydrogen-bond acceptors (Lipinski definition) is 3. The topological polar surface area (TPSA) is 44.5 Å². The van der Waals surface area contributed by atoms with E-state index in [0.29, 0.717) is 19.8 Å². The van der Waals surface area contributed by atoms with Crippen LogP contribution in [0.15, 0.2) is 22.7 Å². The van der Waals surface area contributed by atoms with Gasteiger partial charge in [-0.05, 0) is 26.0 Å². The van der Waals surface area contributed by atoms with E-state index in [-0.39, 0.29) is 6.04 Å². The van der Waals surface area contributed by atoms with E-state index >= 15 is 0 Å². The van der Waals surface area contributed by atoms with Crippen LogP contribution in [0.25, 0.3) is 0 Å². The van der Waals surface area contributed by atoms with E-state index in [1.165, 1.54) is 0 Å². The fourth-order valence-corrected chi connectivity index (χ4v) is 1.70. The fraction of sp³-hybridized carbons (Fsp3) is 0.500. The maximum Gasteiger partial charge on any atom is 0.125 e. The van der Waals surface area contributed by atoms with Gasteiger partial charge >= 0.3 is 0 Å². The second-order valence-corrected chi connectivity index (χ2v) is 4.43. The van der Waals surface area contributed by atoms with Crippen molar-refractivity contribution in [1.82, 2.24) is 0 Å². The average Bonchev–Trinajstić information content (AvgIpc) is 2.24. The second kappa shape index (κ2) is 6.89. The number of benzene rings is 1. The molecule has 4 heteroatoms. The third-order valence-electron chi connectivity index (χ3n) is 2.16. The smallest absolute Gasteiger partial charge is 0.125 e. The first kappa shape index (κ1) is 13.5. The molecule has 0 unspecified atom stereocenters. The Morgan fingerprint density at radius 2 is 2.12 bits per heavy atom. The first-order chi connectivity index (χ1) is 7.65. The minimum absolute atomic E-state index is 0.0322. The Labute approximate surface area is 105 Å². The van der Waals surface area contributed by atoms with Crippen LogP contribution in [-0.2, 0) is 4.74 Å². The van der Waals surface area contributed by atoms with Crippen molar-refractivity contribution in [2.45, 2.75) is 19.9 Å². The van der Waals surface area contributed by atoms with Crippen LogP contribution < -0.4 is 10.5 Å². The van der Waals surface area contributed by atoms with Gasteiger partial charge in [0.15, 0.2) is 0 Å². The van der Waals surface area contributed by atoms with Gasteiger partial charge in [-0.3, -0.25) is 0 Å². The van der Waals surface area contributed by atoms with Crippen LogP contribution in [0.1, 0.15) is 25.5 Å². The summed E-state index contributed by atoms with van der Waals surface area (Å²) in [4.78, 5) is 0. The fourth-order valence-electron chi connectivity index (χ4n) is 1.36. The van der Waals surface area contributed by atoms with Gasteiger partial charge in [0, 0.05) is 22.7 Å². The molecule has 0 aromatic heterocycles. The van der Waals surface area contributed by atoms with Crippen molar-refractivity contribution in [2.24, 2.45) is 5.73 Å². The van der Waals surface area contributed by atoms with Crippen LogP contribution in [-0.4, -0.2) is 19.8 Å². The lowest BCUT2D eigenvalue weighted by Gasteiger charge is -2.14. The largest absolute Gasteiger partial charge is 0.491 e. The van der Waals surface area contributed by atoms with E-state index in [4.69, 9.17) is 15.2 Å². The maximum absolute atomic E-state index is 5.87. The molecule has 16 heavy (non-hydrogen) atoms. The van der Waals surface area contributed by atoms with Gasteiger partial charge in [-0.2, -0.15) is 0 Å². The van der Waals surface area contributed by atoms with Crippen molar-refractivity contribution < 1.29 is 9.47 Å². The van der Waals surface area contributed by atoms with Crippen LogP contribution in [0.3, 0.4) is 0 Å². The summed E-state index contributed by atoms with van der Waals surface area (Å²) >= 11 is 3.42. The third kappa shape index (κ3) is 4.12. The first-order valence-electron chi connectivity index (χ1n) is 5.40. The molecule has 1 aromatic carbocycles. The molecule has 0 spiro atoms. The molecule has 3 nitrogen and oxygen atoms in total. The van der Waals surface area contributed by atoms with Gasteiger partial charge in [0.2, 0.25) is 0 Å². The molecule has 0 aliphatic carbocycles. The summed E-state index contributed by atoms with van der Waals surface area (Å²) in [7, 11) is 0. The van der Waals surface area contributed by atoms with Crippen molar-refractivity contribution in [3.63, 3.8) is 0 Å². The summed E-state index contributed by atoms with van der Waals surface area (Å²) in [5, 5.41) is 0. The zero-order valence-electron chi connectivity index (χ0n) is 9.70. The molecule has 0 radical (unpaired) electrons. The Balaban J connectivity index is 2.65. The maximum atomic E-state index is 5.87. The molecular formula is C12H18BrNO2. The Morgan fingerprint density at radius 1 is 1.38 bits per heavy atom. The summed E-state index contributed by atoms with van der Waals surface area (Å²) in [5.41, 5.74) is 6.88. The molecule has 0 aliphatic heterocycles. The van der Waals surface area contributed by atoms with Crippen LogP contribution in [0.2, 0.25) is 0 Å². The number of ether oxygens (including phenoxy) is 2. The van der Waals surface area contributed by atoms with Gasteiger partial charge in [0.1, 0.15) is 12.4 Å². The monoisotopic (exact) mass is 287 g/mol. The standard InChI is InChI=1S/C12H18BrNO2/c1-3-15-6-7-16-12-8-10(13)4-5-11(12)9(2)14/h4-5,8-9H,3,6-7,14H2,1-2H3/t9-/m1/s1. The quantitative estimate of drug-likeness (QED) is 0.819. The predicted octanol–water partition coefficient (Wildman–Crippen LogP) is 2.88. The lowest BCUT2D eigenvalue weighted by molar-refractivity contribution is 0.109. The van der Waals surface area contributed by atoms with Crippen LogP contribution in [0.5, 0.6) is 5.75 Å². The number of halogens is 1. The van der Waals surface area contributed by atoms with E-state index in [1.807, 2.05) is 32.0 Å². The van der Waals surface area contributed by atoms with Gasteiger partial charge in [0.25, 0.3) is 0 Å². The number of rotatable bonds is 6. The first-order valence-corrected chi connectivity index (χ1v) is 6.20. The van der Waals surface area contributed by atoms with Gasteiger partial charge in [-0.15, -0.1) is 0 Å². The molecule has 2 N–H and O–H groups in total. The van der Waals surface area contributed by atoms with Crippen LogP contribution in [0.4, 0.5) is 0 Å². The van der Waals surface area contributed by atoms with E-state index < -0.39 is 0 Å². The Kier molecular flexibility index (Phi) is 5.80. The third-order valence-corrected chi connectivity index (χ3v) is 2.65.